The van der Waals surface area contributed by atoms with Crippen LogP contribution in [0.1, 0.15) is 31.7 Å². The van der Waals surface area contributed by atoms with Crippen molar-refractivity contribution in [3.63, 3.8) is 0 Å². The van der Waals surface area contributed by atoms with Crippen molar-refractivity contribution in [2.24, 2.45) is 5.73 Å². The first kappa shape index (κ1) is 10.1. The summed E-state index contributed by atoms with van der Waals surface area (Å²) in [7, 11) is 0. The molecule has 0 aromatic carbocycles. The molecule has 1 aromatic heterocycles. The highest BCUT2D eigenvalue weighted by molar-refractivity contribution is 7.08. The SMILES string of the molecule is CC1(c2ccsc2)CCC(CCN)O1. The summed E-state index contributed by atoms with van der Waals surface area (Å²) in [5.74, 6) is 0. The van der Waals surface area contributed by atoms with E-state index in [-0.39, 0.29) is 5.60 Å². The van der Waals surface area contributed by atoms with Crippen LogP contribution < -0.4 is 5.73 Å². The lowest BCUT2D eigenvalue weighted by Gasteiger charge is -2.24. The summed E-state index contributed by atoms with van der Waals surface area (Å²) in [6.45, 7) is 2.91. The number of thiophene rings is 1. The molecule has 1 saturated heterocycles. The molecule has 2 N–H and O–H groups in total. The molecule has 0 bridgehead atoms. The Hall–Kier alpha value is -0.380. The Morgan fingerprint density at radius 1 is 1.71 bits per heavy atom. The largest absolute Gasteiger partial charge is 0.367 e. The third-order valence-electron chi connectivity index (χ3n) is 2.99. The van der Waals surface area contributed by atoms with Crippen LogP contribution in [0.5, 0.6) is 0 Å². The van der Waals surface area contributed by atoms with E-state index >= 15 is 0 Å². The zero-order valence-electron chi connectivity index (χ0n) is 8.53. The Kier molecular flexibility index (Phi) is 2.91. The van der Waals surface area contributed by atoms with Crippen molar-refractivity contribution in [1.29, 1.82) is 0 Å². The number of rotatable bonds is 3. The smallest absolute Gasteiger partial charge is 0.0916 e. The maximum absolute atomic E-state index is 6.06. The molecule has 0 spiro atoms. The topological polar surface area (TPSA) is 35.2 Å². The van der Waals surface area contributed by atoms with E-state index in [9.17, 15) is 0 Å². The lowest BCUT2D eigenvalue weighted by molar-refractivity contribution is -0.0338. The second-order valence-corrected chi connectivity index (χ2v) is 4.88. The molecule has 2 heterocycles. The van der Waals surface area contributed by atoms with Crippen LogP contribution in [-0.2, 0) is 10.3 Å². The van der Waals surface area contributed by atoms with Crippen LogP contribution in [0.15, 0.2) is 16.8 Å². The predicted octanol–water partition coefficient (Wildman–Crippen LogP) is 2.49. The fraction of sp³-hybridized carbons (Fsp3) is 0.636. The average molecular weight is 211 g/mol. The van der Waals surface area contributed by atoms with Gasteiger partial charge < -0.3 is 10.5 Å². The van der Waals surface area contributed by atoms with Gasteiger partial charge in [-0.1, -0.05) is 0 Å². The van der Waals surface area contributed by atoms with Crippen LogP contribution in [0.4, 0.5) is 0 Å². The molecule has 2 unspecified atom stereocenters. The van der Waals surface area contributed by atoms with Crippen molar-refractivity contribution < 1.29 is 4.74 Å². The molecule has 0 saturated carbocycles. The van der Waals surface area contributed by atoms with Gasteiger partial charge in [-0.3, -0.25) is 0 Å². The van der Waals surface area contributed by atoms with Crippen LogP contribution in [0.3, 0.4) is 0 Å². The molecule has 1 aliphatic heterocycles. The van der Waals surface area contributed by atoms with E-state index in [2.05, 4.69) is 23.8 Å². The third-order valence-corrected chi connectivity index (χ3v) is 3.67. The molecule has 0 amide bonds. The van der Waals surface area contributed by atoms with Gasteiger partial charge in [-0.25, -0.2) is 0 Å². The van der Waals surface area contributed by atoms with Gasteiger partial charge in [-0.2, -0.15) is 11.3 Å². The molecule has 1 aromatic rings. The minimum atomic E-state index is -0.0557. The zero-order valence-corrected chi connectivity index (χ0v) is 9.35. The third kappa shape index (κ3) is 1.85. The van der Waals surface area contributed by atoms with E-state index in [1.807, 2.05) is 0 Å². The van der Waals surface area contributed by atoms with Crippen molar-refractivity contribution in [2.75, 3.05) is 6.54 Å². The maximum Gasteiger partial charge on any atom is 0.0916 e. The highest BCUT2D eigenvalue weighted by Gasteiger charge is 2.37. The molecular weight excluding hydrogens is 194 g/mol. The Labute approximate surface area is 89.1 Å². The van der Waals surface area contributed by atoms with Crippen LogP contribution in [-0.4, -0.2) is 12.6 Å². The monoisotopic (exact) mass is 211 g/mol. The standard InChI is InChI=1S/C11H17NOS/c1-11(9-4-7-14-8-9)5-2-10(13-11)3-6-12/h4,7-8,10H,2-3,5-6,12H2,1H3. The summed E-state index contributed by atoms with van der Waals surface area (Å²) in [5, 5.41) is 4.30. The Morgan fingerprint density at radius 3 is 3.21 bits per heavy atom. The van der Waals surface area contributed by atoms with Crippen molar-refractivity contribution in [3.8, 4) is 0 Å². The molecule has 0 radical (unpaired) electrons. The minimum absolute atomic E-state index is 0.0557. The van der Waals surface area contributed by atoms with E-state index < -0.39 is 0 Å². The molecular formula is C11H17NOS. The lowest BCUT2D eigenvalue weighted by atomic mass is 9.95. The molecule has 2 nitrogen and oxygen atoms in total. The first-order valence-electron chi connectivity index (χ1n) is 5.15. The quantitative estimate of drug-likeness (QED) is 0.833. The van der Waals surface area contributed by atoms with Gasteiger partial charge in [0, 0.05) is 0 Å². The summed E-state index contributed by atoms with van der Waals surface area (Å²) >= 11 is 1.73. The van der Waals surface area contributed by atoms with Gasteiger partial charge in [0.05, 0.1) is 11.7 Å². The molecule has 0 aliphatic carbocycles. The number of nitrogens with two attached hydrogens (primary N) is 1. The van der Waals surface area contributed by atoms with E-state index in [1.165, 1.54) is 5.56 Å². The van der Waals surface area contributed by atoms with Gasteiger partial charge >= 0.3 is 0 Å². The van der Waals surface area contributed by atoms with Crippen molar-refractivity contribution in [2.45, 2.75) is 37.9 Å². The molecule has 2 atom stereocenters. The van der Waals surface area contributed by atoms with Crippen molar-refractivity contribution in [1.82, 2.24) is 0 Å². The van der Waals surface area contributed by atoms with Gasteiger partial charge in [0.1, 0.15) is 0 Å². The highest BCUT2D eigenvalue weighted by atomic mass is 32.1. The van der Waals surface area contributed by atoms with E-state index in [0.29, 0.717) is 6.10 Å². The number of hydrogen-bond donors (Lipinski definition) is 1. The summed E-state index contributed by atoms with van der Waals surface area (Å²) in [4.78, 5) is 0. The Morgan fingerprint density at radius 2 is 2.57 bits per heavy atom. The molecule has 14 heavy (non-hydrogen) atoms. The van der Waals surface area contributed by atoms with Crippen LogP contribution in [0, 0.1) is 0 Å². The average Bonchev–Trinajstić information content (AvgIpc) is 2.75. The maximum atomic E-state index is 6.06. The van der Waals surface area contributed by atoms with E-state index in [1.54, 1.807) is 11.3 Å². The normalized spacial score (nSPS) is 32.3. The van der Waals surface area contributed by atoms with Crippen LogP contribution >= 0.6 is 11.3 Å². The molecule has 78 valence electrons. The first-order chi connectivity index (χ1) is 6.74. The van der Waals surface area contributed by atoms with Crippen molar-refractivity contribution >= 4 is 11.3 Å². The van der Waals surface area contributed by atoms with Gasteiger partial charge in [0.25, 0.3) is 0 Å². The lowest BCUT2D eigenvalue weighted by Crippen LogP contribution is -2.22. The molecule has 1 aliphatic rings. The minimum Gasteiger partial charge on any atom is -0.367 e. The van der Waals surface area contributed by atoms with Gasteiger partial charge in [0.2, 0.25) is 0 Å². The van der Waals surface area contributed by atoms with E-state index in [0.717, 1.165) is 25.8 Å². The van der Waals surface area contributed by atoms with Gasteiger partial charge in [0.15, 0.2) is 0 Å². The summed E-state index contributed by atoms with van der Waals surface area (Å²) in [6, 6.07) is 2.16. The summed E-state index contributed by atoms with van der Waals surface area (Å²) in [6.07, 6.45) is 3.61. The van der Waals surface area contributed by atoms with Crippen molar-refractivity contribution in [3.05, 3.63) is 22.4 Å². The Balaban J connectivity index is 2.06. The van der Waals surface area contributed by atoms with E-state index in [4.69, 9.17) is 10.5 Å². The van der Waals surface area contributed by atoms with Gasteiger partial charge in [-0.15, -0.1) is 0 Å². The zero-order chi connectivity index (χ0) is 10.0. The fourth-order valence-electron chi connectivity index (χ4n) is 2.09. The summed E-state index contributed by atoms with van der Waals surface area (Å²) in [5.41, 5.74) is 6.80. The van der Waals surface area contributed by atoms with Crippen LogP contribution in [0.25, 0.3) is 0 Å². The molecule has 2 rings (SSSR count). The summed E-state index contributed by atoms with van der Waals surface area (Å²) < 4.78 is 6.06. The first-order valence-corrected chi connectivity index (χ1v) is 6.09. The second kappa shape index (κ2) is 4.01. The van der Waals surface area contributed by atoms with Crippen LogP contribution in [0.2, 0.25) is 0 Å². The molecule has 1 fully saturated rings. The fourth-order valence-corrected chi connectivity index (χ4v) is 2.87. The molecule has 3 heteroatoms. The Bertz CT molecular complexity index is 285. The highest BCUT2D eigenvalue weighted by Crippen LogP contribution is 2.40. The number of ether oxygens (including phenoxy) is 1. The number of hydrogen-bond acceptors (Lipinski definition) is 3. The predicted molar refractivity (Wildman–Crippen MR) is 59.4 cm³/mol. The second-order valence-electron chi connectivity index (χ2n) is 4.10. The van der Waals surface area contributed by atoms with Gasteiger partial charge in [-0.05, 0) is 55.1 Å².